The smallest absolute Gasteiger partial charge is 0.273 e. The molecule has 3 rings (SSSR count). The summed E-state index contributed by atoms with van der Waals surface area (Å²) in [5, 5.41) is 5.72. The molecule has 0 spiro atoms. The SMILES string of the molecule is O=C1NC(=S)N/C1=C\c1ccc(-c2ccccc2)cc1. The van der Waals surface area contributed by atoms with Crippen LogP contribution in [0.2, 0.25) is 0 Å². The minimum atomic E-state index is -0.192. The average molecular weight is 280 g/mol. The molecule has 0 aliphatic carbocycles. The maximum absolute atomic E-state index is 11.5. The summed E-state index contributed by atoms with van der Waals surface area (Å²) in [6.45, 7) is 0. The van der Waals surface area contributed by atoms with Crippen LogP contribution in [0.3, 0.4) is 0 Å². The maximum atomic E-state index is 11.5. The van der Waals surface area contributed by atoms with E-state index in [-0.39, 0.29) is 5.91 Å². The number of thiocarbonyl (C=S) groups is 1. The Morgan fingerprint density at radius 1 is 0.850 bits per heavy atom. The first kappa shape index (κ1) is 12.6. The third-order valence-electron chi connectivity index (χ3n) is 3.05. The normalized spacial score (nSPS) is 16.1. The highest BCUT2D eigenvalue weighted by Gasteiger charge is 2.19. The van der Waals surface area contributed by atoms with Crippen molar-refractivity contribution in [3.05, 3.63) is 65.9 Å². The van der Waals surface area contributed by atoms with Gasteiger partial charge < -0.3 is 5.32 Å². The molecule has 20 heavy (non-hydrogen) atoms. The Kier molecular flexibility index (Phi) is 3.31. The van der Waals surface area contributed by atoms with E-state index in [0.29, 0.717) is 10.8 Å². The Labute approximate surface area is 122 Å². The fourth-order valence-corrected chi connectivity index (χ4v) is 2.25. The average Bonchev–Trinajstić information content (AvgIpc) is 2.79. The van der Waals surface area contributed by atoms with Crippen molar-refractivity contribution >= 4 is 29.3 Å². The van der Waals surface area contributed by atoms with Crippen LogP contribution >= 0.6 is 12.2 Å². The standard InChI is InChI=1S/C16H12N2OS/c19-15-14(17-16(20)18-15)10-11-6-8-13(9-7-11)12-4-2-1-3-5-12/h1-10H,(H2,17,18,19,20)/b14-10-. The first-order valence-corrected chi connectivity index (χ1v) is 6.63. The maximum Gasteiger partial charge on any atom is 0.273 e. The minimum Gasteiger partial charge on any atom is -0.328 e. The third kappa shape index (κ3) is 2.60. The van der Waals surface area contributed by atoms with Gasteiger partial charge in [0.25, 0.3) is 5.91 Å². The summed E-state index contributed by atoms with van der Waals surface area (Å²) >= 11 is 4.89. The van der Waals surface area contributed by atoms with E-state index in [2.05, 4.69) is 22.8 Å². The van der Waals surface area contributed by atoms with E-state index in [1.807, 2.05) is 42.5 Å². The minimum absolute atomic E-state index is 0.192. The van der Waals surface area contributed by atoms with Gasteiger partial charge in [0.1, 0.15) is 5.70 Å². The van der Waals surface area contributed by atoms with Crippen LogP contribution in [0.1, 0.15) is 5.56 Å². The van der Waals surface area contributed by atoms with E-state index >= 15 is 0 Å². The lowest BCUT2D eigenvalue weighted by Crippen LogP contribution is -2.21. The molecule has 3 nitrogen and oxygen atoms in total. The van der Waals surface area contributed by atoms with Crippen LogP contribution in [0, 0.1) is 0 Å². The van der Waals surface area contributed by atoms with E-state index in [1.54, 1.807) is 6.08 Å². The zero-order valence-corrected chi connectivity index (χ0v) is 11.4. The van der Waals surface area contributed by atoms with Crippen molar-refractivity contribution in [2.45, 2.75) is 0 Å². The highest BCUT2D eigenvalue weighted by atomic mass is 32.1. The van der Waals surface area contributed by atoms with E-state index in [9.17, 15) is 4.79 Å². The van der Waals surface area contributed by atoms with Gasteiger partial charge in [0.05, 0.1) is 0 Å². The third-order valence-corrected chi connectivity index (χ3v) is 3.25. The van der Waals surface area contributed by atoms with Crippen molar-refractivity contribution in [3.8, 4) is 11.1 Å². The van der Waals surface area contributed by atoms with Gasteiger partial charge in [-0.1, -0.05) is 54.6 Å². The summed E-state index contributed by atoms with van der Waals surface area (Å²) in [7, 11) is 0. The molecule has 1 fully saturated rings. The van der Waals surface area contributed by atoms with Gasteiger partial charge in [-0.2, -0.15) is 0 Å². The molecule has 2 aromatic rings. The fourth-order valence-electron chi connectivity index (χ4n) is 2.05. The molecule has 1 amide bonds. The highest BCUT2D eigenvalue weighted by Crippen LogP contribution is 2.20. The number of amides is 1. The summed E-state index contributed by atoms with van der Waals surface area (Å²) in [6, 6.07) is 18.2. The fraction of sp³-hybridized carbons (Fsp3) is 0. The number of benzene rings is 2. The largest absolute Gasteiger partial charge is 0.328 e. The molecule has 0 atom stereocenters. The van der Waals surface area contributed by atoms with Crippen LogP contribution in [0.4, 0.5) is 0 Å². The number of nitrogens with one attached hydrogen (secondary N) is 2. The van der Waals surface area contributed by atoms with Gasteiger partial charge in [-0.15, -0.1) is 0 Å². The van der Waals surface area contributed by atoms with Crippen molar-refractivity contribution in [1.29, 1.82) is 0 Å². The predicted octanol–water partition coefficient (Wildman–Crippen LogP) is 2.70. The highest BCUT2D eigenvalue weighted by molar-refractivity contribution is 7.80. The summed E-state index contributed by atoms with van der Waals surface area (Å²) in [5.41, 5.74) is 3.74. The quantitative estimate of drug-likeness (QED) is 0.656. The topological polar surface area (TPSA) is 41.1 Å². The molecule has 0 radical (unpaired) electrons. The second kappa shape index (κ2) is 5.27. The molecular formula is C16H12N2OS. The van der Waals surface area contributed by atoms with Crippen molar-refractivity contribution in [2.24, 2.45) is 0 Å². The van der Waals surface area contributed by atoms with Crippen LogP contribution in [0.5, 0.6) is 0 Å². The van der Waals surface area contributed by atoms with E-state index in [0.717, 1.165) is 11.1 Å². The van der Waals surface area contributed by atoms with E-state index < -0.39 is 0 Å². The Morgan fingerprint density at radius 2 is 1.50 bits per heavy atom. The Hall–Kier alpha value is -2.46. The van der Waals surface area contributed by atoms with E-state index in [4.69, 9.17) is 12.2 Å². The molecule has 98 valence electrons. The van der Waals surface area contributed by atoms with Crippen LogP contribution in [0.15, 0.2) is 60.3 Å². The molecule has 1 saturated heterocycles. The van der Waals surface area contributed by atoms with Gasteiger partial charge in [0.2, 0.25) is 0 Å². The lowest BCUT2D eigenvalue weighted by atomic mass is 10.0. The lowest BCUT2D eigenvalue weighted by molar-refractivity contribution is -0.115. The molecular weight excluding hydrogens is 268 g/mol. The number of carbonyl (C=O) groups excluding carboxylic acids is 1. The van der Waals surface area contributed by atoms with Gasteiger partial charge in [0, 0.05) is 0 Å². The van der Waals surface area contributed by atoms with Gasteiger partial charge in [-0.05, 0) is 35.0 Å². The monoisotopic (exact) mass is 280 g/mol. The van der Waals surface area contributed by atoms with Gasteiger partial charge >= 0.3 is 0 Å². The van der Waals surface area contributed by atoms with Crippen molar-refractivity contribution < 1.29 is 4.79 Å². The van der Waals surface area contributed by atoms with E-state index in [1.165, 1.54) is 5.56 Å². The summed E-state index contributed by atoms with van der Waals surface area (Å²) in [5.74, 6) is -0.192. The van der Waals surface area contributed by atoms with Crippen LogP contribution in [0.25, 0.3) is 17.2 Å². The lowest BCUT2D eigenvalue weighted by Gasteiger charge is -2.02. The van der Waals surface area contributed by atoms with Gasteiger partial charge in [-0.25, -0.2) is 0 Å². The summed E-state index contributed by atoms with van der Waals surface area (Å²) < 4.78 is 0. The molecule has 0 aromatic heterocycles. The van der Waals surface area contributed by atoms with Crippen molar-refractivity contribution in [3.63, 3.8) is 0 Å². The molecule has 2 aromatic carbocycles. The number of hydrogen-bond acceptors (Lipinski definition) is 2. The number of rotatable bonds is 2. The van der Waals surface area contributed by atoms with Crippen LogP contribution in [-0.2, 0) is 4.79 Å². The Morgan fingerprint density at radius 3 is 2.10 bits per heavy atom. The van der Waals surface area contributed by atoms with Crippen molar-refractivity contribution in [1.82, 2.24) is 10.6 Å². The first-order chi connectivity index (χ1) is 9.72. The van der Waals surface area contributed by atoms with Gasteiger partial charge in [-0.3, -0.25) is 10.1 Å². The predicted molar refractivity (Wildman–Crippen MR) is 83.7 cm³/mol. The second-order valence-electron chi connectivity index (χ2n) is 4.45. The summed E-state index contributed by atoms with van der Waals surface area (Å²) in [4.78, 5) is 11.5. The molecule has 1 heterocycles. The molecule has 2 N–H and O–H groups in total. The molecule has 1 aliphatic rings. The zero-order chi connectivity index (χ0) is 13.9. The molecule has 0 unspecified atom stereocenters. The Balaban J connectivity index is 1.86. The van der Waals surface area contributed by atoms with Crippen LogP contribution in [-0.4, -0.2) is 11.0 Å². The number of hydrogen-bond donors (Lipinski definition) is 2. The molecule has 1 aliphatic heterocycles. The molecule has 4 heteroatoms. The van der Waals surface area contributed by atoms with Crippen LogP contribution < -0.4 is 10.6 Å². The van der Waals surface area contributed by atoms with Gasteiger partial charge in [0.15, 0.2) is 5.11 Å². The number of carbonyl (C=O) groups is 1. The Bertz CT molecular complexity index is 690. The molecule has 0 bridgehead atoms. The second-order valence-corrected chi connectivity index (χ2v) is 4.86. The molecule has 0 saturated carbocycles. The van der Waals surface area contributed by atoms with Crippen molar-refractivity contribution in [2.75, 3.05) is 0 Å². The zero-order valence-electron chi connectivity index (χ0n) is 10.6. The summed E-state index contributed by atoms with van der Waals surface area (Å²) in [6.07, 6.45) is 1.78. The first-order valence-electron chi connectivity index (χ1n) is 6.22.